The van der Waals surface area contributed by atoms with Crippen molar-refractivity contribution in [3.63, 3.8) is 0 Å². The average Bonchev–Trinajstić information content (AvgIpc) is 2.71. The standard InChI is InChI=1S/C13H19N3O5S/c17-13-9-22(20,21)8-12(13)15-6-5-14-7-10-1-3-11(4-2-10)16(18)19/h1-4,12-15,17H,5-9H2/t12-,13+/m0/s1. The normalized spacial score (nSPS) is 23.5. The lowest BCUT2D eigenvalue weighted by atomic mass is 10.2. The number of hydrogen-bond donors (Lipinski definition) is 3. The van der Waals surface area contributed by atoms with Gasteiger partial charge in [-0.2, -0.15) is 0 Å². The highest BCUT2D eigenvalue weighted by Crippen LogP contribution is 2.12. The third-order valence-corrected chi connectivity index (χ3v) is 5.22. The van der Waals surface area contributed by atoms with Crippen LogP contribution in [0.5, 0.6) is 0 Å². The number of rotatable bonds is 7. The van der Waals surface area contributed by atoms with Gasteiger partial charge in [-0.25, -0.2) is 8.42 Å². The summed E-state index contributed by atoms with van der Waals surface area (Å²) in [6, 6.07) is 5.87. The van der Waals surface area contributed by atoms with Crippen molar-refractivity contribution in [2.45, 2.75) is 18.7 Å². The van der Waals surface area contributed by atoms with E-state index < -0.39 is 26.9 Å². The number of nitrogens with zero attached hydrogens (tertiary/aromatic N) is 1. The largest absolute Gasteiger partial charge is 0.390 e. The van der Waals surface area contributed by atoms with Crippen molar-refractivity contribution in [1.29, 1.82) is 0 Å². The number of aliphatic hydroxyl groups is 1. The summed E-state index contributed by atoms with van der Waals surface area (Å²) in [6.45, 7) is 1.69. The SMILES string of the molecule is O=[N+]([O-])c1ccc(CNCCN[C@H]2CS(=O)(=O)C[C@H]2O)cc1. The number of non-ortho nitro benzene ring substituents is 1. The predicted octanol–water partition coefficient (Wildman–Crippen LogP) is -0.568. The van der Waals surface area contributed by atoms with Gasteiger partial charge in [0.2, 0.25) is 0 Å². The number of aliphatic hydroxyl groups excluding tert-OH is 1. The van der Waals surface area contributed by atoms with E-state index in [0.29, 0.717) is 19.6 Å². The first-order valence-electron chi connectivity index (χ1n) is 6.93. The Morgan fingerprint density at radius 2 is 1.91 bits per heavy atom. The van der Waals surface area contributed by atoms with Crippen LogP contribution in [0, 0.1) is 10.1 Å². The van der Waals surface area contributed by atoms with Crippen molar-refractivity contribution in [3.8, 4) is 0 Å². The molecular formula is C13H19N3O5S. The molecule has 1 aromatic rings. The number of nitrogens with one attached hydrogen (secondary N) is 2. The van der Waals surface area contributed by atoms with E-state index >= 15 is 0 Å². The Hall–Kier alpha value is -1.55. The van der Waals surface area contributed by atoms with Crippen molar-refractivity contribution in [2.75, 3.05) is 24.6 Å². The van der Waals surface area contributed by atoms with Gasteiger partial charge < -0.3 is 15.7 Å². The van der Waals surface area contributed by atoms with Gasteiger partial charge >= 0.3 is 0 Å². The molecule has 2 rings (SSSR count). The zero-order chi connectivity index (χ0) is 16.2. The van der Waals surface area contributed by atoms with E-state index in [1.54, 1.807) is 12.1 Å². The smallest absolute Gasteiger partial charge is 0.269 e. The minimum absolute atomic E-state index is 0.0312. The number of hydrogen-bond acceptors (Lipinski definition) is 7. The Kier molecular flexibility index (Phi) is 5.46. The second kappa shape index (κ2) is 7.14. The summed E-state index contributed by atoms with van der Waals surface area (Å²) in [5.74, 6) is -0.211. The summed E-state index contributed by atoms with van der Waals surface area (Å²) < 4.78 is 22.7. The third kappa shape index (κ3) is 4.73. The van der Waals surface area contributed by atoms with E-state index in [9.17, 15) is 23.6 Å². The zero-order valence-electron chi connectivity index (χ0n) is 11.9. The van der Waals surface area contributed by atoms with Gasteiger partial charge in [-0.3, -0.25) is 10.1 Å². The van der Waals surface area contributed by atoms with Gasteiger partial charge in [-0.1, -0.05) is 12.1 Å². The Morgan fingerprint density at radius 1 is 1.23 bits per heavy atom. The molecule has 0 bridgehead atoms. The molecule has 1 aliphatic rings. The maximum Gasteiger partial charge on any atom is 0.269 e. The van der Waals surface area contributed by atoms with Crippen LogP contribution in [0.3, 0.4) is 0 Å². The van der Waals surface area contributed by atoms with Crippen LogP contribution in [0.1, 0.15) is 5.56 Å². The molecule has 1 heterocycles. The molecule has 0 radical (unpaired) electrons. The van der Waals surface area contributed by atoms with Crippen molar-refractivity contribution in [2.24, 2.45) is 0 Å². The molecule has 3 N–H and O–H groups in total. The fourth-order valence-electron chi connectivity index (χ4n) is 2.34. The highest BCUT2D eigenvalue weighted by molar-refractivity contribution is 7.91. The van der Waals surface area contributed by atoms with Gasteiger partial charge in [-0.15, -0.1) is 0 Å². The first-order valence-corrected chi connectivity index (χ1v) is 8.75. The van der Waals surface area contributed by atoms with Crippen LogP contribution in [0.15, 0.2) is 24.3 Å². The van der Waals surface area contributed by atoms with E-state index in [1.165, 1.54) is 12.1 Å². The van der Waals surface area contributed by atoms with Crippen LogP contribution < -0.4 is 10.6 Å². The summed E-state index contributed by atoms with van der Waals surface area (Å²) in [7, 11) is -3.13. The molecule has 122 valence electrons. The molecule has 1 aromatic carbocycles. The highest BCUT2D eigenvalue weighted by Gasteiger charge is 2.35. The molecule has 1 aliphatic heterocycles. The minimum atomic E-state index is -3.13. The van der Waals surface area contributed by atoms with Crippen molar-refractivity contribution in [3.05, 3.63) is 39.9 Å². The molecular weight excluding hydrogens is 310 g/mol. The second-order valence-corrected chi connectivity index (χ2v) is 7.46. The summed E-state index contributed by atoms with van der Waals surface area (Å²) >= 11 is 0. The zero-order valence-corrected chi connectivity index (χ0v) is 12.8. The molecule has 0 amide bonds. The molecule has 0 unspecified atom stereocenters. The van der Waals surface area contributed by atoms with Gasteiger partial charge in [0.15, 0.2) is 9.84 Å². The second-order valence-electron chi connectivity index (χ2n) is 5.31. The van der Waals surface area contributed by atoms with Crippen molar-refractivity contribution in [1.82, 2.24) is 10.6 Å². The molecule has 0 spiro atoms. The summed E-state index contributed by atoms with van der Waals surface area (Å²) in [6.07, 6.45) is -0.848. The Morgan fingerprint density at radius 3 is 2.45 bits per heavy atom. The Balaban J connectivity index is 1.66. The van der Waals surface area contributed by atoms with E-state index in [4.69, 9.17) is 0 Å². The number of nitro groups is 1. The maximum atomic E-state index is 11.3. The van der Waals surface area contributed by atoms with E-state index in [1.807, 2.05) is 0 Å². The highest BCUT2D eigenvalue weighted by atomic mass is 32.2. The Bertz CT molecular complexity index is 617. The number of sulfone groups is 1. The topological polar surface area (TPSA) is 122 Å². The quantitative estimate of drug-likeness (QED) is 0.348. The molecule has 8 nitrogen and oxygen atoms in total. The van der Waals surface area contributed by atoms with Gasteiger partial charge in [0.1, 0.15) is 0 Å². The van der Waals surface area contributed by atoms with Gasteiger partial charge in [0, 0.05) is 37.8 Å². The van der Waals surface area contributed by atoms with Gasteiger partial charge in [0.25, 0.3) is 5.69 Å². The first-order chi connectivity index (χ1) is 10.4. The molecule has 1 fully saturated rings. The van der Waals surface area contributed by atoms with Crippen LogP contribution in [0.4, 0.5) is 5.69 Å². The molecule has 0 aromatic heterocycles. The lowest BCUT2D eigenvalue weighted by Gasteiger charge is -2.15. The van der Waals surface area contributed by atoms with Crippen molar-refractivity contribution >= 4 is 15.5 Å². The van der Waals surface area contributed by atoms with Crippen LogP contribution in [0.25, 0.3) is 0 Å². The van der Waals surface area contributed by atoms with E-state index in [2.05, 4.69) is 10.6 Å². The summed E-state index contributed by atoms with van der Waals surface area (Å²) in [4.78, 5) is 10.1. The monoisotopic (exact) mass is 329 g/mol. The third-order valence-electron chi connectivity index (χ3n) is 3.51. The summed E-state index contributed by atoms with van der Waals surface area (Å²) in [5, 5.41) is 26.3. The molecule has 0 saturated carbocycles. The maximum absolute atomic E-state index is 11.3. The molecule has 22 heavy (non-hydrogen) atoms. The van der Waals surface area contributed by atoms with Gasteiger partial charge in [-0.05, 0) is 5.56 Å². The van der Waals surface area contributed by atoms with E-state index in [-0.39, 0.29) is 17.2 Å². The first kappa shape index (κ1) is 16.8. The lowest BCUT2D eigenvalue weighted by Crippen LogP contribution is -2.42. The number of nitro benzene ring substituents is 1. The lowest BCUT2D eigenvalue weighted by molar-refractivity contribution is -0.384. The van der Waals surface area contributed by atoms with Crippen LogP contribution in [-0.4, -0.2) is 55.2 Å². The number of benzene rings is 1. The molecule has 1 saturated heterocycles. The fraction of sp³-hybridized carbons (Fsp3) is 0.538. The average molecular weight is 329 g/mol. The summed E-state index contributed by atoms with van der Waals surface area (Å²) in [5.41, 5.74) is 0.982. The minimum Gasteiger partial charge on any atom is -0.390 e. The molecule has 2 atom stereocenters. The predicted molar refractivity (Wildman–Crippen MR) is 81.3 cm³/mol. The molecule has 0 aliphatic carbocycles. The van der Waals surface area contributed by atoms with Crippen LogP contribution in [-0.2, 0) is 16.4 Å². The fourth-order valence-corrected chi connectivity index (χ4v) is 4.11. The van der Waals surface area contributed by atoms with Gasteiger partial charge in [0.05, 0.1) is 22.5 Å². The van der Waals surface area contributed by atoms with Crippen molar-refractivity contribution < 1.29 is 18.4 Å². The molecule has 9 heteroatoms. The Labute approximate surface area is 128 Å². The van der Waals surface area contributed by atoms with Crippen LogP contribution >= 0.6 is 0 Å². The van der Waals surface area contributed by atoms with E-state index in [0.717, 1.165) is 5.56 Å². The van der Waals surface area contributed by atoms with Crippen LogP contribution in [0.2, 0.25) is 0 Å².